The van der Waals surface area contributed by atoms with E-state index in [1.54, 1.807) is 0 Å². The minimum Gasteiger partial charge on any atom is -0.275 e. The fourth-order valence-corrected chi connectivity index (χ4v) is 2.68. The molecule has 0 atom stereocenters. The molecule has 0 saturated carbocycles. The van der Waals surface area contributed by atoms with Gasteiger partial charge in [-0.05, 0) is 31.1 Å². The molecule has 2 amide bonds. The van der Waals surface area contributed by atoms with Crippen molar-refractivity contribution >= 4 is 11.8 Å². The Morgan fingerprint density at radius 2 is 1.88 bits per heavy atom. The molecule has 0 unspecified atom stereocenters. The van der Waals surface area contributed by atoms with E-state index in [1.807, 2.05) is 6.92 Å². The Balaban J connectivity index is 2.73. The molecular weight excluding hydrogens is 214 g/mol. The normalized spacial score (nSPS) is 17.1. The van der Waals surface area contributed by atoms with E-state index in [4.69, 9.17) is 0 Å². The monoisotopic (exact) mass is 237 g/mol. The van der Waals surface area contributed by atoms with Crippen LogP contribution < -0.4 is 0 Å². The first-order chi connectivity index (χ1) is 7.76. The number of amides is 2. The van der Waals surface area contributed by atoms with Gasteiger partial charge in [-0.25, -0.2) is 0 Å². The summed E-state index contributed by atoms with van der Waals surface area (Å²) in [6, 6.07) is 0. The van der Waals surface area contributed by atoms with Gasteiger partial charge in [0.15, 0.2) is 0 Å². The third-order valence-electron chi connectivity index (χ3n) is 3.03. The van der Waals surface area contributed by atoms with Crippen molar-refractivity contribution < 1.29 is 9.59 Å². The molecule has 0 bridgehead atoms. The largest absolute Gasteiger partial charge is 0.275 e. The number of hydrogen-bond acceptors (Lipinski definition) is 2. The number of hydrogen-bond donors (Lipinski definition) is 0. The summed E-state index contributed by atoms with van der Waals surface area (Å²) in [6.45, 7) is 10.9. The van der Waals surface area contributed by atoms with E-state index >= 15 is 0 Å². The highest BCUT2D eigenvalue weighted by Crippen LogP contribution is 2.34. The maximum Gasteiger partial charge on any atom is 0.256 e. The first-order valence-corrected chi connectivity index (χ1v) is 6.33. The average molecular weight is 237 g/mol. The molecule has 96 valence electrons. The van der Waals surface area contributed by atoms with Crippen molar-refractivity contribution in [1.82, 2.24) is 4.90 Å². The molecule has 0 spiro atoms. The molecule has 1 aliphatic rings. The van der Waals surface area contributed by atoms with E-state index in [2.05, 4.69) is 27.7 Å². The zero-order valence-electron chi connectivity index (χ0n) is 11.5. The van der Waals surface area contributed by atoms with Gasteiger partial charge in [0, 0.05) is 18.2 Å². The Kier molecular flexibility index (Phi) is 4.12. The molecule has 0 aromatic rings. The van der Waals surface area contributed by atoms with Crippen LogP contribution in [-0.2, 0) is 9.59 Å². The molecule has 1 rings (SSSR count). The van der Waals surface area contributed by atoms with Crippen LogP contribution in [0.3, 0.4) is 0 Å². The fourth-order valence-electron chi connectivity index (χ4n) is 2.68. The van der Waals surface area contributed by atoms with E-state index in [9.17, 15) is 9.59 Å². The van der Waals surface area contributed by atoms with Crippen LogP contribution in [0.1, 0.15) is 47.5 Å². The van der Waals surface area contributed by atoms with Crippen LogP contribution >= 0.6 is 0 Å². The van der Waals surface area contributed by atoms with Gasteiger partial charge in [0.2, 0.25) is 0 Å². The molecule has 17 heavy (non-hydrogen) atoms. The number of imide groups is 1. The van der Waals surface area contributed by atoms with E-state index in [1.165, 1.54) is 11.0 Å². The summed E-state index contributed by atoms with van der Waals surface area (Å²) in [7, 11) is 0. The zero-order valence-corrected chi connectivity index (χ0v) is 11.5. The third-order valence-corrected chi connectivity index (χ3v) is 3.03. The van der Waals surface area contributed by atoms with Gasteiger partial charge in [-0.2, -0.15) is 0 Å². The molecule has 1 aliphatic heterocycles. The molecule has 3 nitrogen and oxygen atoms in total. The Labute approximate surface area is 104 Å². The fraction of sp³-hybridized carbons (Fsp3) is 0.714. The van der Waals surface area contributed by atoms with Crippen LogP contribution in [0.4, 0.5) is 0 Å². The number of carbonyl (C=O) groups is 2. The molecule has 0 aromatic heterocycles. The summed E-state index contributed by atoms with van der Waals surface area (Å²) in [4.78, 5) is 24.8. The van der Waals surface area contributed by atoms with Crippen molar-refractivity contribution in [3.8, 4) is 0 Å². The van der Waals surface area contributed by atoms with Gasteiger partial charge >= 0.3 is 0 Å². The van der Waals surface area contributed by atoms with E-state index in [0.717, 1.165) is 6.42 Å². The second kappa shape index (κ2) is 5.03. The summed E-state index contributed by atoms with van der Waals surface area (Å²) in [6.07, 6.45) is 3.25. The van der Waals surface area contributed by atoms with Crippen molar-refractivity contribution in [3.63, 3.8) is 0 Å². The topological polar surface area (TPSA) is 37.4 Å². The average Bonchev–Trinajstić information content (AvgIpc) is 2.38. The van der Waals surface area contributed by atoms with Crippen LogP contribution in [-0.4, -0.2) is 23.3 Å². The number of likely N-dealkylation sites (N-methyl/N-ethyl adjacent to an activating group) is 1. The molecular formula is C14H23NO2. The van der Waals surface area contributed by atoms with Gasteiger partial charge in [0.1, 0.15) is 0 Å². The Hall–Kier alpha value is -1.12. The Bertz CT molecular complexity index is 353. The summed E-state index contributed by atoms with van der Waals surface area (Å²) >= 11 is 0. The molecule has 1 heterocycles. The summed E-state index contributed by atoms with van der Waals surface area (Å²) in [5, 5.41) is 0. The minimum absolute atomic E-state index is 0.0691. The molecule has 3 heteroatoms. The van der Waals surface area contributed by atoms with Crippen molar-refractivity contribution in [1.29, 1.82) is 0 Å². The van der Waals surface area contributed by atoms with E-state index < -0.39 is 0 Å². The lowest BCUT2D eigenvalue weighted by Gasteiger charge is -2.27. The summed E-state index contributed by atoms with van der Waals surface area (Å²) in [5.41, 5.74) is 0.738. The highest BCUT2D eigenvalue weighted by atomic mass is 16.2. The van der Waals surface area contributed by atoms with Gasteiger partial charge in [-0.15, -0.1) is 0 Å². The summed E-state index contributed by atoms with van der Waals surface area (Å²) < 4.78 is 0. The van der Waals surface area contributed by atoms with Crippen LogP contribution in [0.15, 0.2) is 11.6 Å². The second-order valence-corrected chi connectivity index (χ2v) is 6.00. The van der Waals surface area contributed by atoms with Crippen molar-refractivity contribution in [2.45, 2.75) is 47.5 Å². The molecule has 0 radical (unpaired) electrons. The third kappa shape index (κ3) is 3.42. The summed E-state index contributed by atoms with van der Waals surface area (Å²) in [5.74, 6) is 0.335. The zero-order chi connectivity index (χ0) is 13.2. The Morgan fingerprint density at radius 1 is 1.29 bits per heavy atom. The lowest BCUT2D eigenvalue weighted by Crippen LogP contribution is -2.31. The molecule has 0 N–H and O–H groups in total. The van der Waals surface area contributed by atoms with E-state index in [0.29, 0.717) is 24.5 Å². The smallest absolute Gasteiger partial charge is 0.256 e. The van der Waals surface area contributed by atoms with Crippen molar-refractivity contribution in [2.24, 2.45) is 11.3 Å². The highest BCUT2D eigenvalue weighted by Gasteiger charge is 2.33. The SMILES string of the molecule is CCN1C(=O)C=C(CC(C)(C)CC(C)C)C1=O. The van der Waals surface area contributed by atoms with Crippen LogP contribution in [0.2, 0.25) is 0 Å². The standard InChI is InChI=1S/C14H23NO2/c1-6-15-12(16)7-11(13(15)17)9-14(4,5)8-10(2)3/h7,10H,6,8-9H2,1-5H3. The molecule has 0 aliphatic carbocycles. The van der Waals surface area contributed by atoms with Gasteiger partial charge in [0.25, 0.3) is 11.8 Å². The first-order valence-electron chi connectivity index (χ1n) is 6.33. The lowest BCUT2D eigenvalue weighted by atomic mass is 9.79. The van der Waals surface area contributed by atoms with Gasteiger partial charge in [-0.1, -0.05) is 27.7 Å². The highest BCUT2D eigenvalue weighted by molar-refractivity contribution is 6.16. The molecule has 0 fully saturated rings. The quantitative estimate of drug-likeness (QED) is 0.689. The van der Waals surface area contributed by atoms with E-state index in [-0.39, 0.29) is 17.2 Å². The predicted octanol–water partition coefficient (Wildman–Crippen LogP) is 2.76. The van der Waals surface area contributed by atoms with Crippen LogP contribution in [0.25, 0.3) is 0 Å². The minimum atomic E-state index is -0.159. The predicted molar refractivity (Wildman–Crippen MR) is 68.3 cm³/mol. The molecule has 0 aromatic carbocycles. The van der Waals surface area contributed by atoms with Gasteiger partial charge in [-0.3, -0.25) is 14.5 Å². The van der Waals surface area contributed by atoms with Gasteiger partial charge < -0.3 is 0 Å². The van der Waals surface area contributed by atoms with Crippen molar-refractivity contribution in [2.75, 3.05) is 6.54 Å². The number of rotatable bonds is 5. The maximum atomic E-state index is 11.9. The lowest BCUT2D eigenvalue weighted by molar-refractivity contribution is -0.137. The maximum absolute atomic E-state index is 11.9. The van der Waals surface area contributed by atoms with Crippen LogP contribution in [0, 0.1) is 11.3 Å². The first kappa shape index (κ1) is 13.9. The number of nitrogens with zero attached hydrogens (tertiary/aromatic N) is 1. The van der Waals surface area contributed by atoms with Crippen LogP contribution in [0.5, 0.6) is 0 Å². The molecule has 0 saturated heterocycles. The van der Waals surface area contributed by atoms with Gasteiger partial charge in [0.05, 0.1) is 0 Å². The van der Waals surface area contributed by atoms with Crippen molar-refractivity contribution in [3.05, 3.63) is 11.6 Å². The number of carbonyl (C=O) groups excluding carboxylic acids is 2. The Morgan fingerprint density at radius 3 is 2.29 bits per heavy atom. The second-order valence-electron chi connectivity index (χ2n) is 6.00.